The predicted molar refractivity (Wildman–Crippen MR) is 121 cm³/mol. The number of esters is 1. The van der Waals surface area contributed by atoms with Crippen LogP contribution in [0.2, 0.25) is 0 Å². The Balaban J connectivity index is 1.63. The van der Waals surface area contributed by atoms with Crippen molar-refractivity contribution in [3.63, 3.8) is 0 Å². The second-order valence-electron chi connectivity index (χ2n) is 8.39. The molecular weight excluding hydrogens is 422 g/mol. The van der Waals surface area contributed by atoms with E-state index >= 15 is 0 Å². The van der Waals surface area contributed by atoms with E-state index in [1.165, 1.54) is 0 Å². The summed E-state index contributed by atoms with van der Waals surface area (Å²) in [4.78, 5) is 49.1. The SMILES string of the molecule is COc1ccc(C[C@H](CC(=O)[C@@H](C)NC(=O)C2CC(=O)C2)C(=O)OCc2ccccc2)cc1. The number of carbonyl (C=O) groups is 4. The lowest BCUT2D eigenvalue weighted by Gasteiger charge is -2.25. The Morgan fingerprint density at radius 2 is 1.67 bits per heavy atom. The van der Waals surface area contributed by atoms with Gasteiger partial charge in [-0.3, -0.25) is 19.2 Å². The zero-order valence-corrected chi connectivity index (χ0v) is 18.9. The van der Waals surface area contributed by atoms with Gasteiger partial charge in [0.05, 0.1) is 25.0 Å². The van der Waals surface area contributed by atoms with Gasteiger partial charge >= 0.3 is 5.97 Å². The lowest BCUT2D eigenvalue weighted by atomic mass is 9.83. The number of nitrogens with one attached hydrogen (secondary N) is 1. The Bertz CT molecular complexity index is 978. The Kier molecular flexibility index (Phi) is 8.35. The number of ketones is 2. The van der Waals surface area contributed by atoms with Gasteiger partial charge in [0.2, 0.25) is 5.91 Å². The fourth-order valence-corrected chi connectivity index (χ4v) is 3.64. The van der Waals surface area contributed by atoms with Crippen LogP contribution >= 0.6 is 0 Å². The van der Waals surface area contributed by atoms with Gasteiger partial charge in [-0.25, -0.2) is 0 Å². The number of hydrogen-bond donors (Lipinski definition) is 1. The van der Waals surface area contributed by atoms with Gasteiger partial charge in [0.25, 0.3) is 0 Å². The van der Waals surface area contributed by atoms with E-state index in [0.29, 0.717) is 12.2 Å². The first-order chi connectivity index (χ1) is 15.9. The molecule has 0 aromatic heterocycles. The average Bonchev–Trinajstić information content (AvgIpc) is 2.81. The maximum Gasteiger partial charge on any atom is 0.310 e. The van der Waals surface area contributed by atoms with Crippen LogP contribution in [0.25, 0.3) is 0 Å². The third-order valence-corrected chi connectivity index (χ3v) is 5.81. The molecule has 1 amide bonds. The lowest BCUT2D eigenvalue weighted by molar-refractivity contribution is -0.151. The number of rotatable bonds is 11. The molecule has 1 fully saturated rings. The molecule has 33 heavy (non-hydrogen) atoms. The first-order valence-electron chi connectivity index (χ1n) is 11.0. The van der Waals surface area contributed by atoms with Crippen molar-refractivity contribution in [3.05, 3.63) is 65.7 Å². The van der Waals surface area contributed by atoms with Crippen LogP contribution in [-0.4, -0.2) is 36.6 Å². The summed E-state index contributed by atoms with van der Waals surface area (Å²) in [5.74, 6) is -1.33. The summed E-state index contributed by atoms with van der Waals surface area (Å²) in [7, 11) is 1.58. The number of amides is 1. The van der Waals surface area contributed by atoms with Crippen molar-refractivity contribution in [1.82, 2.24) is 5.32 Å². The molecule has 0 aliphatic heterocycles. The van der Waals surface area contributed by atoms with Crippen LogP contribution in [-0.2, 0) is 36.9 Å². The monoisotopic (exact) mass is 451 g/mol. The first-order valence-corrected chi connectivity index (χ1v) is 11.0. The average molecular weight is 452 g/mol. The summed E-state index contributed by atoms with van der Waals surface area (Å²) in [6.07, 6.45) is 0.698. The zero-order valence-electron chi connectivity index (χ0n) is 18.9. The van der Waals surface area contributed by atoms with Gasteiger partial charge in [0.1, 0.15) is 18.1 Å². The van der Waals surface area contributed by atoms with Crippen LogP contribution < -0.4 is 10.1 Å². The maximum atomic E-state index is 12.9. The minimum atomic E-state index is -0.756. The van der Waals surface area contributed by atoms with Crippen LogP contribution in [0.3, 0.4) is 0 Å². The molecule has 0 radical (unpaired) electrons. The second kappa shape index (κ2) is 11.4. The number of carbonyl (C=O) groups excluding carboxylic acids is 4. The molecule has 0 saturated heterocycles. The number of benzene rings is 2. The Morgan fingerprint density at radius 3 is 2.27 bits per heavy atom. The van der Waals surface area contributed by atoms with Crippen molar-refractivity contribution in [2.24, 2.45) is 11.8 Å². The zero-order chi connectivity index (χ0) is 23.8. The molecule has 3 rings (SSSR count). The quantitative estimate of drug-likeness (QED) is 0.527. The van der Waals surface area contributed by atoms with Gasteiger partial charge < -0.3 is 14.8 Å². The van der Waals surface area contributed by atoms with Gasteiger partial charge in [-0.05, 0) is 36.6 Å². The fraction of sp³-hybridized carbons (Fsp3) is 0.385. The first kappa shape index (κ1) is 24.2. The predicted octanol–water partition coefficient (Wildman–Crippen LogP) is 3.04. The molecule has 2 aromatic rings. The molecule has 7 nitrogen and oxygen atoms in total. The van der Waals surface area contributed by atoms with Crippen molar-refractivity contribution in [3.8, 4) is 5.75 Å². The summed E-state index contributed by atoms with van der Waals surface area (Å²) in [6, 6.07) is 15.9. The Morgan fingerprint density at radius 1 is 1.00 bits per heavy atom. The van der Waals surface area contributed by atoms with Crippen LogP contribution in [0.1, 0.15) is 37.3 Å². The normalized spacial score (nSPS) is 15.2. The molecule has 1 aliphatic rings. The largest absolute Gasteiger partial charge is 0.497 e. The number of methoxy groups -OCH3 is 1. The van der Waals surface area contributed by atoms with Gasteiger partial charge in [0.15, 0.2) is 5.78 Å². The summed E-state index contributed by atoms with van der Waals surface area (Å²) >= 11 is 0. The second-order valence-corrected chi connectivity index (χ2v) is 8.39. The fourth-order valence-electron chi connectivity index (χ4n) is 3.64. The molecule has 1 N–H and O–H groups in total. The van der Waals surface area contributed by atoms with E-state index in [9.17, 15) is 19.2 Å². The molecular formula is C26H29NO6. The topological polar surface area (TPSA) is 98.8 Å². The number of hydrogen-bond acceptors (Lipinski definition) is 6. The minimum Gasteiger partial charge on any atom is -0.497 e. The molecule has 7 heteroatoms. The summed E-state index contributed by atoms with van der Waals surface area (Å²) in [5, 5.41) is 2.67. The van der Waals surface area contributed by atoms with Crippen LogP contribution in [0.4, 0.5) is 0 Å². The molecule has 2 aromatic carbocycles. The van der Waals surface area contributed by atoms with Gasteiger partial charge in [0, 0.05) is 19.3 Å². The maximum absolute atomic E-state index is 12.9. The van der Waals surface area contributed by atoms with E-state index in [-0.39, 0.29) is 49.3 Å². The molecule has 0 heterocycles. The molecule has 1 saturated carbocycles. The highest BCUT2D eigenvalue weighted by Gasteiger charge is 2.34. The summed E-state index contributed by atoms with van der Waals surface area (Å²) < 4.78 is 10.7. The third kappa shape index (κ3) is 7.00. The van der Waals surface area contributed by atoms with Crippen molar-refractivity contribution in [2.45, 2.75) is 45.3 Å². The van der Waals surface area contributed by atoms with Crippen molar-refractivity contribution in [1.29, 1.82) is 0 Å². The van der Waals surface area contributed by atoms with Crippen LogP contribution in [0, 0.1) is 11.8 Å². The van der Waals surface area contributed by atoms with E-state index in [1.54, 1.807) is 26.2 Å². The Labute approximate surface area is 193 Å². The van der Waals surface area contributed by atoms with Crippen LogP contribution in [0.15, 0.2) is 54.6 Å². The van der Waals surface area contributed by atoms with Gasteiger partial charge in [-0.1, -0.05) is 42.5 Å². The minimum absolute atomic E-state index is 0.0508. The highest BCUT2D eigenvalue weighted by Crippen LogP contribution is 2.23. The van der Waals surface area contributed by atoms with Gasteiger partial charge in [-0.15, -0.1) is 0 Å². The smallest absolute Gasteiger partial charge is 0.310 e. The van der Waals surface area contributed by atoms with E-state index in [1.807, 2.05) is 42.5 Å². The number of Topliss-reactive ketones (excluding diaryl/α,β-unsaturated/α-hetero) is 2. The van der Waals surface area contributed by atoms with E-state index in [4.69, 9.17) is 9.47 Å². The highest BCUT2D eigenvalue weighted by molar-refractivity contribution is 5.98. The van der Waals surface area contributed by atoms with E-state index in [0.717, 1.165) is 11.1 Å². The van der Waals surface area contributed by atoms with Gasteiger partial charge in [-0.2, -0.15) is 0 Å². The number of ether oxygens (including phenoxy) is 2. The molecule has 1 aliphatic carbocycles. The summed E-state index contributed by atoms with van der Waals surface area (Å²) in [6.45, 7) is 1.72. The molecule has 2 atom stereocenters. The molecule has 0 bridgehead atoms. The van der Waals surface area contributed by atoms with E-state index in [2.05, 4.69) is 5.32 Å². The van der Waals surface area contributed by atoms with Crippen molar-refractivity contribution >= 4 is 23.4 Å². The summed E-state index contributed by atoms with van der Waals surface area (Å²) in [5.41, 5.74) is 1.73. The van der Waals surface area contributed by atoms with Crippen molar-refractivity contribution < 1.29 is 28.7 Å². The van der Waals surface area contributed by atoms with E-state index < -0.39 is 17.9 Å². The van der Waals surface area contributed by atoms with Crippen LogP contribution in [0.5, 0.6) is 5.75 Å². The lowest BCUT2D eigenvalue weighted by Crippen LogP contribution is -2.46. The molecule has 0 unspecified atom stereocenters. The van der Waals surface area contributed by atoms with Crippen molar-refractivity contribution in [2.75, 3.05) is 7.11 Å². The Hall–Kier alpha value is -3.48. The molecule has 174 valence electrons. The molecule has 0 spiro atoms. The standard InChI is InChI=1S/C26H29NO6/c1-17(27-25(30)20-13-22(28)14-20)24(29)15-21(12-18-8-10-23(32-2)11-9-18)26(31)33-16-19-6-4-3-5-7-19/h3-11,17,20-21H,12-16H2,1-2H3,(H,27,30)/t17-,21-/m1/s1. The highest BCUT2D eigenvalue weighted by atomic mass is 16.5. The third-order valence-electron chi connectivity index (χ3n) is 5.81.